The van der Waals surface area contributed by atoms with Crippen molar-refractivity contribution in [3.63, 3.8) is 0 Å². The topological polar surface area (TPSA) is 84.5 Å². The van der Waals surface area contributed by atoms with Crippen molar-refractivity contribution < 1.29 is 17.9 Å². The highest BCUT2D eigenvalue weighted by Gasteiger charge is 2.57. The van der Waals surface area contributed by atoms with E-state index in [-0.39, 0.29) is 34.8 Å². The van der Waals surface area contributed by atoms with Crippen LogP contribution in [0.15, 0.2) is 29.2 Å². The molecule has 1 heterocycles. The van der Waals surface area contributed by atoms with Crippen LogP contribution in [0.2, 0.25) is 0 Å². The smallest absolute Gasteiger partial charge is 0.251 e. The highest BCUT2D eigenvalue weighted by molar-refractivity contribution is 7.89. The lowest BCUT2D eigenvalue weighted by atomic mass is 9.62. The molecule has 1 aliphatic heterocycles. The van der Waals surface area contributed by atoms with Gasteiger partial charge in [0.25, 0.3) is 5.91 Å². The van der Waals surface area contributed by atoms with E-state index < -0.39 is 10.0 Å². The fourth-order valence-electron chi connectivity index (χ4n) is 5.02. The Hall–Kier alpha value is -1.44. The summed E-state index contributed by atoms with van der Waals surface area (Å²) in [6.45, 7) is 0.725. The Morgan fingerprint density at radius 1 is 1.19 bits per heavy atom. The summed E-state index contributed by atoms with van der Waals surface area (Å²) in [5, 5.41) is 2.53. The molecule has 7 heteroatoms. The van der Waals surface area contributed by atoms with Gasteiger partial charge >= 0.3 is 0 Å². The van der Waals surface area contributed by atoms with Crippen molar-refractivity contribution in [2.45, 2.75) is 49.1 Å². The van der Waals surface area contributed by atoms with Gasteiger partial charge in [-0.25, -0.2) is 13.1 Å². The Labute approximate surface area is 154 Å². The van der Waals surface area contributed by atoms with Crippen LogP contribution in [0.3, 0.4) is 0 Å². The number of hydrogen-bond donors (Lipinski definition) is 2. The molecule has 0 radical (unpaired) electrons. The van der Waals surface area contributed by atoms with Gasteiger partial charge in [-0.05, 0) is 30.5 Å². The van der Waals surface area contributed by atoms with Crippen LogP contribution < -0.4 is 10.0 Å². The van der Waals surface area contributed by atoms with Crippen LogP contribution in [0.5, 0.6) is 0 Å². The van der Waals surface area contributed by atoms with Crippen LogP contribution in [0.4, 0.5) is 0 Å². The number of sulfonamides is 1. The average molecular weight is 378 g/mol. The lowest BCUT2D eigenvalue weighted by molar-refractivity contribution is -0.0746. The SMILES string of the molecule is CNC(=O)c1cccc(S(=O)(=O)N[C@@H]2[C@@H]3CCO[C@@H]3[C@@H]2C2CCCC2)c1. The molecule has 0 unspecified atom stereocenters. The molecule has 4 rings (SSSR count). The third-order valence-corrected chi connectivity index (χ3v) is 7.76. The van der Waals surface area contributed by atoms with Gasteiger partial charge < -0.3 is 10.1 Å². The van der Waals surface area contributed by atoms with E-state index in [9.17, 15) is 13.2 Å². The molecule has 1 amide bonds. The fraction of sp³-hybridized carbons (Fsp3) is 0.632. The maximum Gasteiger partial charge on any atom is 0.251 e. The second kappa shape index (κ2) is 6.94. The molecule has 3 aliphatic rings. The summed E-state index contributed by atoms with van der Waals surface area (Å²) in [6, 6.07) is 6.15. The Bertz CT molecular complexity index is 784. The van der Waals surface area contributed by atoms with Crippen LogP contribution in [-0.2, 0) is 14.8 Å². The molecule has 2 saturated carbocycles. The van der Waals surface area contributed by atoms with Crippen LogP contribution in [-0.4, -0.2) is 40.1 Å². The summed E-state index contributed by atoms with van der Waals surface area (Å²) in [5.74, 6) is 0.817. The van der Waals surface area contributed by atoms with E-state index in [1.165, 1.54) is 38.8 Å². The number of nitrogens with one attached hydrogen (secondary N) is 2. The summed E-state index contributed by atoms with van der Waals surface area (Å²) in [7, 11) is -2.14. The number of fused-ring (bicyclic) bond motifs is 1. The highest BCUT2D eigenvalue weighted by atomic mass is 32.2. The molecule has 4 atom stereocenters. The van der Waals surface area contributed by atoms with Crippen LogP contribution in [0.25, 0.3) is 0 Å². The number of amides is 1. The summed E-state index contributed by atoms with van der Waals surface area (Å²) in [4.78, 5) is 12.0. The van der Waals surface area contributed by atoms with E-state index >= 15 is 0 Å². The number of rotatable bonds is 5. The molecule has 2 aliphatic carbocycles. The van der Waals surface area contributed by atoms with Gasteiger partial charge in [-0.3, -0.25) is 4.79 Å². The Morgan fingerprint density at radius 2 is 1.96 bits per heavy atom. The summed E-state index contributed by atoms with van der Waals surface area (Å²) in [5.41, 5.74) is 0.346. The van der Waals surface area contributed by atoms with E-state index in [0.29, 0.717) is 11.5 Å². The van der Waals surface area contributed by atoms with E-state index in [1.54, 1.807) is 18.2 Å². The van der Waals surface area contributed by atoms with Crippen molar-refractivity contribution in [3.8, 4) is 0 Å². The van der Waals surface area contributed by atoms with Gasteiger partial charge in [0.15, 0.2) is 0 Å². The molecule has 0 spiro atoms. The summed E-state index contributed by atoms with van der Waals surface area (Å²) >= 11 is 0. The van der Waals surface area contributed by atoms with Crippen molar-refractivity contribution in [1.82, 2.24) is 10.0 Å². The molecule has 1 aromatic carbocycles. The van der Waals surface area contributed by atoms with Crippen molar-refractivity contribution in [2.75, 3.05) is 13.7 Å². The Kier molecular flexibility index (Phi) is 4.79. The van der Waals surface area contributed by atoms with Gasteiger partial charge in [0, 0.05) is 37.1 Å². The van der Waals surface area contributed by atoms with Gasteiger partial charge in [-0.2, -0.15) is 0 Å². The van der Waals surface area contributed by atoms with Crippen molar-refractivity contribution in [3.05, 3.63) is 29.8 Å². The average Bonchev–Trinajstić information content (AvgIpc) is 3.30. The molecule has 3 fully saturated rings. The predicted octanol–water partition coefficient (Wildman–Crippen LogP) is 1.92. The van der Waals surface area contributed by atoms with Gasteiger partial charge in [-0.1, -0.05) is 31.7 Å². The van der Waals surface area contributed by atoms with Crippen LogP contribution in [0.1, 0.15) is 42.5 Å². The minimum Gasteiger partial charge on any atom is -0.377 e. The second-order valence-corrected chi connectivity index (χ2v) is 9.38. The number of carbonyl (C=O) groups is 1. The predicted molar refractivity (Wildman–Crippen MR) is 97.2 cm³/mol. The number of hydrogen-bond acceptors (Lipinski definition) is 4. The molecule has 26 heavy (non-hydrogen) atoms. The van der Waals surface area contributed by atoms with Crippen LogP contribution >= 0.6 is 0 Å². The number of benzene rings is 1. The Morgan fingerprint density at radius 3 is 2.69 bits per heavy atom. The van der Waals surface area contributed by atoms with Gasteiger partial charge in [0.05, 0.1) is 11.0 Å². The molecule has 142 valence electrons. The first kappa shape index (κ1) is 17.9. The maximum atomic E-state index is 13.0. The first-order valence-electron chi connectivity index (χ1n) is 9.47. The zero-order chi connectivity index (χ0) is 18.3. The first-order valence-corrected chi connectivity index (χ1v) is 11.0. The molecule has 0 bridgehead atoms. The van der Waals surface area contributed by atoms with Gasteiger partial charge in [0.2, 0.25) is 10.0 Å². The maximum absolute atomic E-state index is 13.0. The molecule has 0 aromatic heterocycles. The monoisotopic (exact) mass is 378 g/mol. The zero-order valence-corrected chi connectivity index (χ0v) is 15.8. The minimum absolute atomic E-state index is 0.0562. The van der Waals surface area contributed by atoms with Gasteiger partial charge in [-0.15, -0.1) is 0 Å². The number of carbonyl (C=O) groups excluding carboxylic acids is 1. The number of ether oxygens (including phenoxy) is 1. The van der Waals surface area contributed by atoms with Crippen molar-refractivity contribution >= 4 is 15.9 Å². The molecule has 1 saturated heterocycles. The zero-order valence-electron chi connectivity index (χ0n) is 15.0. The normalized spacial score (nSPS) is 31.4. The summed E-state index contributed by atoms with van der Waals surface area (Å²) in [6.07, 6.45) is 5.92. The quantitative estimate of drug-likeness (QED) is 0.820. The third kappa shape index (κ3) is 3.06. The fourth-order valence-corrected chi connectivity index (χ4v) is 6.38. The summed E-state index contributed by atoms with van der Waals surface area (Å²) < 4.78 is 34.8. The lowest BCUT2D eigenvalue weighted by Crippen LogP contribution is -2.63. The largest absolute Gasteiger partial charge is 0.377 e. The molecule has 1 aromatic rings. The van der Waals surface area contributed by atoms with E-state index in [4.69, 9.17) is 4.74 Å². The van der Waals surface area contributed by atoms with E-state index in [0.717, 1.165) is 13.0 Å². The van der Waals surface area contributed by atoms with E-state index in [1.807, 2.05) is 0 Å². The highest BCUT2D eigenvalue weighted by Crippen LogP contribution is 2.51. The van der Waals surface area contributed by atoms with Gasteiger partial charge in [0.1, 0.15) is 0 Å². The third-order valence-electron chi connectivity index (χ3n) is 6.31. The lowest BCUT2D eigenvalue weighted by Gasteiger charge is -2.50. The molecular formula is C19H26N2O4S. The molecule has 6 nitrogen and oxygen atoms in total. The Balaban J connectivity index is 1.56. The molecular weight excluding hydrogens is 352 g/mol. The van der Waals surface area contributed by atoms with E-state index in [2.05, 4.69) is 10.0 Å². The standard InChI is InChI=1S/C19H26N2O4S/c1-20-19(22)13-7-4-8-14(11-13)26(23,24)21-17-15-9-10-25-18(15)16(17)12-5-2-3-6-12/h4,7-8,11-12,15-18,21H,2-3,5-6,9-10H2,1H3,(H,20,22)/t15-,16+,17+,18-/m0/s1. The van der Waals surface area contributed by atoms with Crippen molar-refractivity contribution in [1.29, 1.82) is 0 Å². The first-order chi connectivity index (χ1) is 12.5. The second-order valence-electron chi connectivity index (χ2n) is 7.66. The molecule has 2 N–H and O–H groups in total. The minimum atomic E-state index is -3.67. The van der Waals surface area contributed by atoms with Crippen molar-refractivity contribution in [2.24, 2.45) is 17.8 Å². The van der Waals surface area contributed by atoms with Crippen LogP contribution in [0, 0.1) is 17.8 Å².